The molecule has 2 aromatic carbocycles. The molecule has 0 saturated carbocycles. The summed E-state index contributed by atoms with van der Waals surface area (Å²) in [4.78, 5) is 38.1. The molecule has 0 unspecified atom stereocenters. The van der Waals surface area contributed by atoms with E-state index in [0.29, 0.717) is 25.1 Å². The number of hydrogen-bond donors (Lipinski definition) is 1. The molecule has 1 aliphatic rings. The third-order valence-electron chi connectivity index (χ3n) is 5.09. The van der Waals surface area contributed by atoms with E-state index in [1.54, 1.807) is 36.1 Å². The smallest absolute Gasteiger partial charge is 0.338 e. The molecule has 0 bridgehead atoms. The van der Waals surface area contributed by atoms with Crippen LogP contribution < -0.4 is 10.2 Å². The third-order valence-corrected chi connectivity index (χ3v) is 5.09. The first-order valence-electron chi connectivity index (χ1n) is 9.90. The van der Waals surface area contributed by atoms with Crippen molar-refractivity contribution in [1.82, 2.24) is 5.32 Å². The van der Waals surface area contributed by atoms with Crippen LogP contribution in [0.15, 0.2) is 54.6 Å². The number of amides is 2. The highest BCUT2D eigenvalue weighted by Gasteiger charge is 2.23. The van der Waals surface area contributed by atoms with Crippen LogP contribution in [0.3, 0.4) is 0 Å². The fourth-order valence-corrected chi connectivity index (χ4v) is 3.28. The first-order valence-corrected chi connectivity index (χ1v) is 9.90. The zero-order chi connectivity index (χ0) is 20.8. The van der Waals surface area contributed by atoms with E-state index < -0.39 is 12.1 Å². The molecule has 152 valence electrons. The molecule has 0 spiro atoms. The molecule has 1 fully saturated rings. The number of esters is 1. The normalized spacial score (nSPS) is 15.7. The molecule has 6 nitrogen and oxygen atoms in total. The number of nitrogens with zero attached hydrogens (tertiary/aromatic N) is 1. The van der Waals surface area contributed by atoms with E-state index in [1.807, 2.05) is 37.3 Å². The van der Waals surface area contributed by atoms with Crippen LogP contribution >= 0.6 is 0 Å². The SMILES string of the molecule is C[C@H](OC(=O)c1ccc(N2CCCC2=O)cc1)C(=O)NC[C@@H](C)c1ccccc1. The first-order chi connectivity index (χ1) is 14.0. The van der Waals surface area contributed by atoms with Gasteiger partial charge in [0, 0.05) is 25.2 Å². The summed E-state index contributed by atoms with van der Waals surface area (Å²) in [6.07, 6.45) is 0.502. The number of anilines is 1. The molecule has 2 aromatic rings. The summed E-state index contributed by atoms with van der Waals surface area (Å²) in [5.41, 5.74) is 2.25. The Morgan fingerprint density at radius 2 is 1.76 bits per heavy atom. The lowest BCUT2D eigenvalue weighted by molar-refractivity contribution is -0.129. The van der Waals surface area contributed by atoms with Crippen molar-refractivity contribution in [1.29, 1.82) is 0 Å². The zero-order valence-corrected chi connectivity index (χ0v) is 16.8. The lowest BCUT2D eigenvalue weighted by Gasteiger charge is -2.17. The number of carbonyl (C=O) groups excluding carboxylic acids is 3. The van der Waals surface area contributed by atoms with Crippen molar-refractivity contribution in [3.05, 3.63) is 65.7 Å². The number of rotatable bonds is 7. The van der Waals surface area contributed by atoms with E-state index in [4.69, 9.17) is 4.74 Å². The van der Waals surface area contributed by atoms with Crippen LogP contribution in [0.25, 0.3) is 0 Å². The Hall–Kier alpha value is -3.15. The molecular weight excluding hydrogens is 368 g/mol. The molecule has 0 radical (unpaired) electrons. The quantitative estimate of drug-likeness (QED) is 0.732. The van der Waals surface area contributed by atoms with Gasteiger partial charge in [0.15, 0.2) is 6.10 Å². The van der Waals surface area contributed by atoms with E-state index in [0.717, 1.165) is 17.7 Å². The van der Waals surface area contributed by atoms with Crippen LogP contribution in [-0.2, 0) is 14.3 Å². The summed E-state index contributed by atoms with van der Waals surface area (Å²) in [6, 6.07) is 16.6. The maximum absolute atomic E-state index is 12.3. The minimum absolute atomic E-state index is 0.0929. The van der Waals surface area contributed by atoms with Gasteiger partial charge in [-0.05, 0) is 49.1 Å². The predicted molar refractivity (Wildman–Crippen MR) is 111 cm³/mol. The lowest BCUT2D eigenvalue weighted by atomic mass is 10.0. The van der Waals surface area contributed by atoms with Crippen molar-refractivity contribution in [2.75, 3.05) is 18.0 Å². The monoisotopic (exact) mass is 394 g/mol. The predicted octanol–water partition coefficient (Wildman–Crippen LogP) is 3.28. The molecule has 0 aliphatic carbocycles. The molecular formula is C23H26N2O4. The minimum Gasteiger partial charge on any atom is -0.449 e. The molecule has 0 aromatic heterocycles. The fourth-order valence-electron chi connectivity index (χ4n) is 3.28. The van der Waals surface area contributed by atoms with Gasteiger partial charge in [0.25, 0.3) is 5.91 Å². The van der Waals surface area contributed by atoms with Crippen LogP contribution in [0, 0.1) is 0 Å². The molecule has 1 heterocycles. The topological polar surface area (TPSA) is 75.7 Å². The van der Waals surface area contributed by atoms with Crippen molar-refractivity contribution in [2.24, 2.45) is 0 Å². The van der Waals surface area contributed by atoms with Crippen molar-refractivity contribution >= 4 is 23.5 Å². The summed E-state index contributed by atoms with van der Waals surface area (Å²) in [6.45, 7) is 4.74. The summed E-state index contributed by atoms with van der Waals surface area (Å²) in [5.74, 6) is -0.650. The number of ether oxygens (including phenoxy) is 1. The van der Waals surface area contributed by atoms with Gasteiger partial charge in [-0.2, -0.15) is 0 Å². The summed E-state index contributed by atoms with van der Waals surface area (Å²) < 4.78 is 5.29. The molecule has 1 aliphatic heterocycles. The number of hydrogen-bond acceptors (Lipinski definition) is 4. The zero-order valence-electron chi connectivity index (χ0n) is 16.8. The average molecular weight is 394 g/mol. The Labute approximate surface area is 170 Å². The third kappa shape index (κ3) is 5.22. The van der Waals surface area contributed by atoms with Crippen molar-refractivity contribution in [2.45, 2.75) is 38.7 Å². The maximum Gasteiger partial charge on any atom is 0.338 e. The van der Waals surface area contributed by atoms with Gasteiger partial charge in [-0.25, -0.2) is 4.79 Å². The Kier molecular flexibility index (Phi) is 6.65. The second-order valence-electron chi connectivity index (χ2n) is 7.30. The fraction of sp³-hybridized carbons (Fsp3) is 0.348. The summed E-state index contributed by atoms with van der Waals surface area (Å²) >= 11 is 0. The average Bonchev–Trinajstić information content (AvgIpc) is 3.18. The van der Waals surface area contributed by atoms with Gasteiger partial charge in [0.2, 0.25) is 5.91 Å². The molecule has 29 heavy (non-hydrogen) atoms. The highest BCUT2D eigenvalue weighted by atomic mass is 16.5. The minimum atomic E-state index is -0.898. The van der Waals surface area contributed by atoms with E-state index in [-0.39, 0.29) is 17.7 Å². The Morgan fingerprint density at radius 1 is 1.07 bits per heavy atom. The van der Waals surface area contributed by atoms with E-state index in [1.165, 1.54) is 0 Å². The van der Waals surface area contributed by atoms with Crippen LogP contribution in [-0.4, -0.2) is 37.0 Å². The van der Waals surface area contributed by atoms with Crippen molar-refractivity contribution in [3.63, 3.8) is 0 Å². The molecule has 3 rings (SSSR count). The molecule has 2 atom stereocenters. The van der Waals surface area contributed by atoms with Crippen LogP contribution in [0.1, 0.15) is 48.5 Å². The second-order valence-corrected chi connectivity index (χ2v) is 7.30. The van der Waals surface area contributed by atoms with Gasteiger partial charge in [-0.3, -0.25) is 9.59 Å². The van der Waals surface area contributed by atoms with Crippen LogP contribution in [0.2, 0.25) is 0 Å². The van der Waals surface area contributed by atoms with Gasteiger partial charge >= 0.3 is 5.97 Å². The highest BCUT2D eigenvalue weighted by Crippen LogP contribution is 2.22. The Bertz CT molecular complexity index is 864. The van der Waals surface area contributed by atoms with E-state index in [9.17, 15) is 14.4 Å². The first kappa shape index (κ1) is 20.6. The molecule has 2 amide bonds. The largest absolute Gasteiger partial charge is 0.449 e. The highest BCUT2D eigenvalue weighted by molar-refractivity contribution is 5.96. The number of carbonyl (C=O) groups is 3. The van der Waals surface area contributed by atoms with Crippen LogP contribution in [0.4, 0.5) is 5.69 Å². The van der Waals surface area contributed by atoms with Gasteiger partial charge in [-0.15, -0.1) is 0 Å². The van der Waals surface area contributed by atoms with Gasteiger partial charge < -0.3 is 15.0 Å². The molecule has 6 heteroatoms. The standard InChI is InChI=1S/C23H26N2O4/c1-16(18-7-4-3-5-8-18)15-24-22(27)17(2)29-23(28)19-10-12-20(13-11-19)25-14-6-9-21(25)26/h3-5,7-8,10-13,16-17H,6,9,14-15H2,1-2H3,(H,24,27)/t16-,17+/m1/s1. The number of nitrogens with one attached hydrogen (secondary N) is 1. The molecule has 1 N–H and O–H groups in total. The van der Waals surface area contributed by atoms with Gasteiger partial charge in [-0.1, -0.05) is 37.3 Å². The van der Waals surface area contributed by atoms with E-state index >= 15 is 0 Å². The van der Waals surface area contributed by atoms with Gasteiger partial charge in [0.05, 0.1) is 5.56 Å². The Morgan fingerprint density at radius 3 is 2.38 bits per heavy atom. The summed E-state index contributed by atoms with van der Waals surface area (Å²) in [7, 11) is 0. The number of benzene rings is 2. The Balaban J connectivity index is 1.50. The van der Waals surface area contributed by atoms with Crippen molar-refractivity contribution in [3.8, 4) is 0 Å². The lowest BCUT2D eigenvalue weighted by Crippen LogP contribution is -2.37. The maximum atomic E-state index is 12.3. The second kappa shape index (κ2) is 9.37. The van der Waals surface area contributed by atoms with Gasteiger partial charge in [0.1, 0.15) is 0 Å². The molecule has 1 saturated heterocycles. The van der Waals surface area contributed by atoms with E-state index in [2.05, 4.69) is 5.32 Å². The van der Waals surface area contributed by atoms with Crippen LogP contribution in [0.5, 0.6) is 0 Å². The summed E-state index contributed by atoms with van der Waals surface area (Å²) in [5, 5.41) is 2.83. The van der Waals surface area contributed by atoms with Crippen molar-refractivity contribution < 1.29 is 19.1 Å².